The van der Waals surface area contributed by atoms with Crippen molar-refractivity contribution in [1.29, 1.82) is 5.26 Å². The van der Waals surface area contributed by atoms with E-state index in [1.165, 1.54) is 0 Å². The van der Waals surface area contributed by atoms with Crippen LogP contribution in [0.2, 0.25) is 0 Å². The summed E-state index contributed by atoms with van der Waals surface area (Å²) in [5, 5.41) is 9.03. The Bertz CT molecular complexity index is 353. The molecule has 0 aromatic rings. The van der Waals surface area contributed by atoms with Gasteiger partial charge in [0.25, 0.3) is 0 Å². The largest absolute Gasteiger partial charge is 0.462 e. The molecule has 1 heterocycles. The highest BCUT2D eigenvalue weighted by Crippen LogP contribution is 2.39. The van der Waals surface area contributed by atoms with E-state index in [-0.39, 0.29) is 10.3 Å². The second-order valence-corrected chi connectivity index (χ2v) is 6.15. The van der Waals surface area contributed by atoms with E-state index >= 15 is 0 Å². The van der Waals surface area contributed by atoms with Crippen LogP contribution in [-0.2, 0) is 9.53 Å². The molecule has 1 saturated heterocycles. The van der Waals surface area contributed by atoms with E-state index in [4.69, 9.17) is 10.00 Å². The first-order valence-corrected chi connectivity index (χ1v) is 6.42. The minimum atomic E-state index is -0.470. The SMILES string of the molecule is CCOC(=O)C(C#N)=C1CCSC(C)(C)C1. The van der Waals surface area contributed by atoms with E-state index in [0.29, 0.717) is 6.61 Å². The van der Waals surface area contributed by atoms with E-state index in [0.717, 1.165) is 24.2 Å². The fourth-order valence-corrected chi connectivity index (χ4v) is 2.97. The molecule has 0 aromatic carbocycles. The molecule has 1 aliphatic heterocycles. The molecule has 3 nitrogen and oxygen atoms in total. The number of esters is 1. The number of hydrogen-bond donors (Lipinski definition) is 0. The van der Waals surface area contributed by atoms with Crippen LogP contribution in [0.25, 0.3) is 0 Å². The van der Waals surface area contributed by atoms with Crippen LogP contribution < -0.4 is 0 Å². The monoisotopic (exact) mass is 239 g/mol. The van der Waals surface area contributed by atoms with Gasteiger partial charge in [0, 0.05) is 4.75 Å². The first-order chi connectivity index (χ1) is 7.50. The molecule has 1 fully saturated rings. The molecule has 1 rings (SSSR count). The van der Waals surface area contributed by atoms with Crippen molar-refractivity contribution >= 4 is 17.7 Å². The predicted molar refractivity (Wildman–Crippen MR) is 65.0 cm³/mol. The van der Waals surface area contributed by atoms with Crippen molar-refractivity contribution in [1.82, 2.24) is 0 Å². The maximum Gasteiger partial charge on any atom is 0.348 e. The van der Waals surface area contributed by atoms with Crippen molar-refractivity contribution in [2.24, 2.45) is 0 Å². The third-order valence-corrected chi connectivity index (χ3v) is 3.81. The van der Waals surface area contributed by atoms with Gasteiger partial charge in [0.05, 0.1) is 6.61 Å². The van der Waals surface area contributed by atoms with Gasteiger partial charge in [-0.05, 0) is 31.1 Å². The van der Waals surface area contributed by atoms with Gasteiger partial charge in [-0.1, -0.05) is 13.8 Å². The third kappa shape index (κ3) is 3.28. The first kappa shape index (κ1) is 13.1. The number of thioether (sulfide) groups is 1. The normalized spacial score (nSPS) is 22.1. The number of carbonyl (C=O) groups excluding carboxylic acids is 1. The Labute approximate surface area is 101 Å². The van der Waals surface area contributed by atoms with Crippen molar-refractivity contribution in [3.63, 3.8) is 0 Å². The Morgan fingerprint density at radius 3 is 2.81 bits per heavy atom. The van der Waals surface area contributed by atoms with Crippen LogP contribution in [0.5, 0.6) is 0 Å². The summed E-state index contributed by atoms with van der Waals surface area (Å²) in [7, 11) is 0. The second kappa shape index (κ2) is 5.40. The van der Waals surface area contributed by atoms with Crippen molar-refractivity contribution < 1.29 is 9.53 Å². The zero-order valence-electron chi connectivity index (χ0n) is 10.0. The van der Waals surface area contributed by atoms with Crippen LogP contribution in [0.4, 0.5) is 0 Å². The maximum atomic E-state index is 11.6. The highest BCUT2D eigenvalue weighted by Gasteiger charge is 2.28. The Kier molecular flexibility index (Phi) is 4.43. The number of nitriles is 1. The number of carbonyl (C=O) groups is 1. The molecule has 4 heteroatoms. The van der Waals surface area contributed by atoms with E-state index < -0.39 is 5.97 Å². The lowest BCUT2D eigenvalue weighted by Gasteiger charge is -2.30. The van der Waals surface area contributed by atoms with Gasteiger partial charge < -0.3 is 4.74 Å². The van der Waals surface area contributed by atoms with Gasteiger partial charge in [-0.15, -0.1) is 0 Å². The Morgan fingerprint density at radius 2 is 2.31 bits per heavy atom. The van der Waals surface area contributed by atoms with Crippen LogP contribution >= 0.6 is 11.8 Å². The second-order valence-electron chi connectivity index (χ2n) is 4.35. The molecule has 0 N–H and O–H groups in total. The average Bonchev–Trinajstić information content (AvgIpc) is 2.17. The highest BCUT2D eigenvalue weighted by atomic mass is 32.2. The molecule has 0 bridgehead atoms. The first-order valence-electron chi connectivity index (χ1n) is 5.43. The molecule has 16 heavy (non-hydrogen) atoms. The lowest BCUT2D eigenvalue weighted by atomic mass is 9.95. The van der Waals surface area contributed by atoms with Gasteiger partial charge in [-0.25, -0.2) is 4.79 Å². The molecular weight excluding hydrogens is 222 g/mol. The van der Waals surface area contributed by atoms with Crippen molar-refractivity contribution in [3.05, 3.63) is 11.1 Å². The van der Waals surface area contributed by atoms with E-state index in [9.17, 15) is 4.79 Å². The van der Waals surface area contributed by atoms with Crippen molar-refractivity contribution in [2.45, 2.75) is 38.4 Å². The molecule has 88 valence electrons. The summed E-state index contributed by atoms with van der Waals surface area (Å²) < 4.78 is 5.00. The summed E-state index contributed by atoms with van der Waals surface area (Å²) in [4.78, 5) is 11.6. The molecule has 0 radical (unpaired) electrons. The summed E-state index contributed by atoms with van der Waals surface area (Å²) in [5.74, 6) is 0.495. The zero-order chi connectivity index (χ0) is 12.2. The lowest BCUT2D eigenvalue weighted by molar-refractivity contribution is -0.138. The van der Waals surface area contributed by atoms with Gasteiger partial charge in [0.1, 0.15) is 11.6 Å². The third-order valence-electron chi connectivity index (χ3n) is 2.48. The Balaban J connectivity index is 2.92. The van der Waals surface area contributed by atoms with Crippen LogP contribution in [0, 0.1) is 11.3 Å². The predicted octanol–water partition coefficient (Wildman–Crippen LogP) is 2.68. The molecule has 0 amide bonds. The molecule has 1 aliphatic rings. The standard InChI is InChI=1S/C12H17NO2S/c1-4-15-11(14)10(8-13)9-5-6-16-12(2,3)7-9/h4-7H2,1-3H3. The summed E-state index contributed by atoms with van der Waals surface area (Å²) in [6.07, 6.45) is 1.61. The molecule has 0 unspecified atom stereocenters. The van der Waals surface area contributed by atoms with Gasteiger partial charge in [0.15, 0.2) is 0 Å². The number of nitrogens with zero attached hydrogens (tertiary/aromatic N) is 1. The van der Waals surface area contributed by atoms with E-state index in [2.05, 4.69) is 13.8 Å². The van der Waals surface area contributed by atoms with Crippen LogP contribution in [0.3, 0.4) is 0 Å². The van der Waals surface area contributed by atoms with Crippen LogP contribution in [-0.4, -0.2) is 23.1 Å². The summed E-state index contributed by atoms with van der Waals surface area (Å²) in [5.41, 5.74) is 1.17. The average molecular weight is 239 g/mol. The fraction of sp³-hybridized carbons (Fsp3) is 0.667. The minimum absolute atomic E-state index is 0.113. The van der Waals surface area contributed by atoms with Crippen molar-refractivity contribution in [3.8, 4) is 6.07 Å². The molecule has 0 aromatic heterocycles. The number of allylic oxidation sites excluding steroid dienone is 1. The van der Waals surface area contributed by atoms with Gasteiger partial charge in [-0.2, -0.15) is 17.0 Å². The molecule has 0 atom stereocenters. The number of ether oxygens (including phenoxy) is 1. The lowest BCUT2D eigenvalue weighted by Crippen LogP contribution is -2.23. The highest BCUT2D eigenvalue weighted by molar-refractivity contribution is 8.00. The fourth-order valence-electron chi connectivity index (χ4n) is 1.79. The van der Waals surface area contributed by atoms with Crippen LogP contribution in [0.1, 0.15) is 33.6 Å². The number of rotatable bonds is 2. The van der Waals surface area contributed by atoms with Crippen molar-refractivity contribution in [2.75, 3.05) is 12.4 Å². The van der Waals surface area contributed by atoms with Gasteiger partial charge in [-0.3, -0.25) is 0 Å². The van der Waals surface area contributed by atoms with E-state index in [1.54, 1.807) is 6.92 Å². The minimum Gasteiger partial charge on any atom is -0.462 e. The van der Waals surface area contributed by atoms with Crippen LogP contribution in [0.15, 0.2) is 11.1 Å². The quantitative estimate of drug-likeness (QED) is 0.422. The molecule has 0 spiro atoms. The molecule has 0 saturated carbocycles. The molecule has 0 aliphatic carbocycles. The van der Waals surface area contributed by atoms with E-state index in [1.807, 2.05) is 17.8 Å². The topological polar surface area (TPSA) is 50.1 Å². The summed E-state index contributed by atoms with van der Waals surface area (Å²) in [6.45, 7) is 6.33. The number of hydrogen-bond acceptors (Lipinski definition) is 4. The zero-order valence-corrected chi connectivity index (χ0v) is 10.8. The molecular formula is C12H17NO2S. The van der Waals surface area contributed by atoms with Gasteiger partial charge in [0.2, 0.25) is 0 Å². The summed E-state index contributed by atoms with van der Waals surface area (Å²) in [6, 6.07) is 1.99. The van der Waals surface area contributed by atoms with Gasteiger partial charge >= 0.3 is 5.97 Å². The smallest absolute Gasteiger partial charge is 0.348 e. The maximum absolute atomic E-state index is 11.6. The summed E-state index contributed by atoms with van der Waals surface area (Å²) >= 11 is 1.88. The Hall–Kier alpha value is -0.950. The Morgan fingerprint density at radius 1 is 1.62 bits per heavy atom.